The molecule has 0 aromatic heterocycles. The molecule has 16 heavy (non-hydrogen) atoms. The van der Waals surface area contributed by atoms with Crippen LogP contribution in [-0.2, 0) is 0 Å². The van der Waals surface area contributed by atoms with Crippen molar-refractivity contribution in [1.29, 1.82) is 0 Å². The van der Waals surface area contributed by atoms with Crippen LogP contribution in [0.4, 0.5) is 8.78 Å². The van der Waals surface area contributed by atoms with Gasteiger partial charge in [-0.05, 0) is 25.8 Å². The van der Waals surface area contributed by atoms with Crippen molar-refractivity contribution in [2.24, 2.45) is 5.92 Å². The van der Waals surface area contributed by atoms with Crippen LogP contribution in [0.1, 0.15) is 32.6 Å². The lowest BCUT2D eigenvalue weighted by Gasteiger charge is -2.30. The van der Waals surface area contributed by atoms with Crippen molar-refractivity contribution in [1.82, 2.24) is 10.2 Å². The molecule has 1 N–H and O–H groups in total. The van der Waals surface area contributed by atoms with Gasteiger partial charge in [-0.2, -0.15) is 0 Å². The highest BCUT2D eigenvalue weighted by molar-refractivity contribution is 4.78. The van der Waals surface area contributed by atoms with E-state index in [-0.39, 0.29) is 6.54 Å². The van der Waals surface area contributed by atoms with Crippen molar-refractivity contribution < 1.29 is 8.78 Å². The van der Waals surface area contributed by atoms with Gasteiger partial charge in [-0.1, -0.05) is 19.8 Å². The van der Waals surface area contributed by atoms with Crippen LogP contribution in [0.2, 0.25) is 0 Å². The quantitative estimate of drug-likeness (QED) is 0.759. The largest absolute Gasteiger partial charge is 0.312 e. The van der Waals surface area contributed by atoms with E-state index >= 15 is 0 Å². The van der Waals surface area contributed by atoms with E-state index < -0.39 is 6.43 Å². The van der Waals surface area contributed by atoms with E-state index in [1.807, 2.05) is 0 Å². The van der Waals surface area contributed by atoms with Crippen LogP contribution in [0.25, 0.3) is 0 Å². The van der Waals surface area contributed by atoms with E-state index in [4.69, 9.17) is 0 Å². The number of nitrogens with one attached hydrogen (secondary N) is 1. The monoisotopic (exact) mass is 234 g/mol. The van der Waals surface area contributed by atoms with E-state index in [1.54, 1.807) is 11.9 Å². The zero-order valence-electron chi connectivity index (χ0n) is 10.4. The highest BCUT2D eigenvalue weighted by Crippen LogP contribution is 2.23. The molecule has 2 unspecified atom stereocenters. The molecule has 0 aromatic rings. The zero-order valence-corrected chi connectivity index (χ0v) is 10.4. The molecular formula is C12H24F2N2. The predicted molar refractivity (Wildman–Crippen MR) is 62.9 cm³/mol. The lowest BCUT2D eigenvalue weighted by atomic mass is 9.86. The van der Waals surface area contributed by atoms with E-state index in [2.05, 4.69) is 12.2 Å². The maximum absolute atomic E-state index is 12.1. The van der Waals surface area contributed by atoms with Crippen molar-refractivity contribution >= 4 is 0 Å². The van der Waals surface area contributed by atoms with Crippen molar-refractivity contribution in [3.05, 3.63) is 0 Å². The molecule has 0 radical (unpaired) electrons. The molecule has 4 heteroatoms. The standard InChI is InChI=1S/C12H24F2N2/c1-10-5-3-4-6-11(10)15-7-8-16(2)9-12(13)14/h10-12,15H,3-9H2,1-2H3. The molecule has 0 saturated heterocycles. The summed E-state index contributed by atoms with van der Waals surface area (Å²) in [6.07, 6.45) is 2.95. The zero-order chi connectivity index (χ0) is 12.0. The molecule has 1 saturated carbocycles. The molecule has 96 valence electrons. The number of likely N-dealkylation sites (N-methyl/N-ethyl adjacent to an activating group) is 1. The number of hydrogen-bond donors (Lipinski definition) is 1. The van der Waals surface area contributed by atoms with E-state index in [9.17, 15) is 8.78 Å². The van der Waals surface area contributed by atoms with Crippen LogP contribution in [0, 0.1) is 5.92 Å². The number of hydrogen-bond acceptors (Lipinski definition) is 2. The third kappa shape index (κ3) is 5.21. The minimum atomic E-state index is -2.22. The van der Waals surface area contributed by atoms with Crippen LogP contribution >= 0.6 is 0 Å². The van der Waals surface area contributed by atoms with Gasteiger partial charge in [0.15, 0.2) is 0 Å². The average Bonchev–Trinajstić information content (AvgIpc) is 2.19. The summed E-state index contributed by atoms with van der Waals surface area (Å²) in [5.41, 5.74) is 0. The van der Waals surface area contributed by atoms with Gasteiger partial charge in [-0.25, -0.2) is 8.78 Å². The Bertz CT molecular complexity index is 188. The summed E-state index contributed by atoms with van der Waals surface area (Å²) in [5, 5.41) is 3.49. The molecular weight excluding hydrogens is 210 g/mol. The Balaban J connectivity index is 2.09. The third-order valence-electron chi connectivity index (χ3n) is 3.46. The van der Waals surface area contributed by atoms with Gasteiger partial charge in [0.1, 0.15) is 0 Å². The van der Waals surface area contributed by atoms with Crippen molar-refractivity contribution in [2.45, 2.75) is 45.1 Å². The Morgan fingerprint density at radius 1 is 1.31 bits per heavy atom. The molecule has 0 aliphatic heterocycles. The lowest BCUT2D eigenvalue weighted by Crippen LogP contribution is -2.41. The number of alkyl halides is 2. The smallest absolute Gasteiger partial charge is 0.251 e. The molecule has 2 atom stereocenters. The first-order valence-electron chi connectivity index (χ1n) is 6.29. The maximum atomic E-state index is 12.1. The average molecular weight is 234 g/mol. The molecule has 0 bridgehead atoms. The van der Waals surface area contributed by atoms with Crippen molar-refractivity contribution in [3.8, 4) is 0 Å². The topological polar surface area (TPSA) is 15.3 Å². The SMILES string of the molecule is CC1CCCCC1NCCN(C)CC(F)F. The first kappa shape index (κ1) is 13.8. The van der Waals surface area contributed by atoms with Crippen molar-refractivity contribution in [3.63, 3.8) is 0 Å². The Morgan fingerprint density at radius 3 is 2.62 bits per heavy atom. The van der Waals surface area contributed by atoms with Gasteiger partial charge < -0.3 is 5.32 Å². The fraction of sp³-hybridized carbons (Fsp3) is 1.00. The Labute approximate surface area is 97.4 Å². The summed E-state index contributed by atoms with van der Waals surface area (Å²) in [5.74, 6) is 0.731. The van der Waals surface area contributed by atoms with Gasteiger partial charge in [0, 0.05) is 19.1 Å². The Morgan fingerprint density at radius 2 is 2.00 bits per heavy atom. The summed E-state index contributed by atoms with van der Waals surface area (Å²) in [6.45, 7) is 3.67. The Kier molecular flexibility index (Phi) is 6.21. The fourth-order valence-electron chi connectivity index (χ4n) is 2.39. The van der Waals surface area contributed by atoms with Gasteiger partial charge in [0.05, 0.1) is 6.54 Å². The molecule has 0 amide bonds. The van der Waals surface area contributed by atoms with Crippen LogP contribution in [0.5, 0.6) is 0 Å². The highest BCUT2D eigenvalue weighted by Gasteiger charge is 2.20. The van der Waals surface area contributed by atoms with Crippen LogP contribution < -0.4 is 5.32 Å². The second-order valence-corrected chi connectivity index (χ2v) is 4.98. The van der Waals surface area contributed by atoms with Gasteiger partial charge in [-0.15, -0.1) is 0 Å². The number of halogens is 2. The lowest BCUT2D eigenvalue weighted by molar-refractivity contribution is 0.0997. The van der Waals surface area contributed by atoms with Gasteiger partial charge in [0.2, 0.25) is 0 Å². The normalized spacial score (nSPS) is 26.6. The number of rotatable bonds is 6. The molecule has 0 spiro atoms. The van der Waals surface area contributed by atoms with E-state index in [1.165, 1.54) is 25.7 Å². The van der Waals surface area contributed by atoms with Crippen LogP contribution in [-0.4, -0.2) is 44.0 Å². The molecule has 1 aliphatic carbocycles. The maximum Gasteiger partial charge on any atom is 0.251 e. The van der Waals surface area contributed by atoms with Crippen LogP contribution in [0.3, 0.4) is 0 Å². The summed E-state index contributed by atoms with van der Waals surface area (Å²) in [6, 6.07) is 0.591. The molecule has 1 aliphatic rings. The highest BCUT2D eigenvalue weighted by atomic mass is 19.3. The predicted octanol–water partition coefficient (Wildman–Crippen LogP) is 2.35. The number of nitrogens with zero attached hydrogens (tertiary/aromatic N) is 1. The minimum absolute atomic E-state index is 0.123. The van der Waals surface area contributed by atoms with Gasteiger partial charge >= 0.3 is 0 Å². The summed E-state index contributed by atoms with van der Waals surface area (Å²) in [7, 11) is 1.75. The molecule has 1 fully saturated rings. The second kappa shape index (κ2) is 7.17. The minimum Gasteiger partial charge on any atom is -0.312 e. The van der Waals surface area contributed by atoms with Gasteiger partial charge in [-0.3, -0.25) is 4.90 Å². The van der Waals surface area contributed by atoms with E-state index in [0.29, 0.717) is 12.6 Å². The first-order chi connectivity index (χ1) is 7.59. The molecule has 2 nitrogen and oxygen atoms in total. The van der Waals surface area contributed by atoms with E-state index in [0.717, 1.165) is 12.5 Å². The third-order valence-corrected chi connectivity index (χ3v) is 3.46. The van der Waals surface area contributed by atoms with Gasteiger partial charge in [0.25, 0.3) is 6.43 Å². The molecule has 1 rings (SSSR count). The summed E-state index contributed by atoms with van der Waals surface area (Å²) >= 11 is 0. The second-order valence-electron chi connectivity index (χ2n) is 4.98. The first-order valence-corrected chi connectivity index (χ1v) is 6.29. The summed E-state index contributed by atoms with van der Waals surface area (Å²) in [4.78, 5) is 1.69. The molecule has 0 heterocycles. The summed E-state index contributed by atoms with van der Waals surface area (Å²) < 4.78 is 24.1. The molecule has 0 aromatic carbocycles. The van der Waals surface area contributed by atoms with Crippen molar-refractivity contribution in [2.75, 3.05) is 26.7 Å². The Hall–Kier alpha value is -0.220. The van der Waals surface area contributed by atoms with Crippen LogP contribution in [0.15, 0.2) is 0 Å². The fourth-order valence-corrected chi connectivity index (χ4v) is 2.39.